The van der Waals surface area contributed by atoms with Crippen molar-refractivity contribution in [3.8, 4) is 0 Å². The van der Waals surface area contributed by atoms with Crippen LogP contribution < -0.4 is 0 Å². The lowest BCUT2D eigenvalue weighted by Gasteiger charge is -2.60. The van der Waals surface area contributed by atoms with Gasteiger partial charge in [-0.15, -0.1) is 0 Å². The molecule has 0 spiro atoms. The summed E-state index contributed by atoms with van der Waals surface area (Å²) in [5, 5.41) is 11.0. The van der Waals surface area contributed by atoms with Gasteiger partial charge in [0.05, 0.1) is 12.7 Å². The van der Waals surface area contributed by atoms with Crippen LogP contribution in [0.15, 0.2) is 11.6 Å². The molecule has 5 nitrogen and oxygen atoms in total. The highest BCUT2D eigenvalue weighted by Gasteiger charge is 2.59. The van der Waals surface area contributed by atoms with E-state index in [1.54, 1.807) is 0 Å². The maximum Gasteiger partial charge on any atom is 0.302 e. The van der Waals surface area contributed by atoms with Crippen LogP contribution in [0.1, 0.15) is 80.6 Å². The van der Waals surface area contributed by atoms with Crippen molar-refractivity contribution in [3.63, 3.8) is 0 Å². The van der Waals surface area contributed by atoms with Crippen LogP contribution in [0.2, 0.25) is 0 Å². The number of allylic oxidation sites excluding steroid dienone is 2. The van der Waals surface area contributed by atoms with Crippen LogP contribution in [0, 0.1) is 28.6 Å². The number of aliphatic hydroxyl groups excluding tert-OH is 1. The highest BCUT2D eigenvalue weighted by Crippen LogP contribution is 2.61. The van der Waals surface area contributed by atoms with E-state index < -0.39 is 12.2 Å². The first-order valence-electron chi connectivity index (χ1n) is 11.0. The molecule has 1 N–H and O–H groups in total. The number of carbonyl (C=O) groups excluding carboxylic acids is 2. The van der Waals surface area contributed by atoms with E-state index in [0.717, 1.165) is 25.7 Å². The zero-order valence-corrected chi connectivity index (χ0v) is 19.3. The third-order valence-electron chi connectivity index (χ3n) is 7.65. The maximum atomic E-state index is 11.7. The Bertz CT molecular complexity index is 637. The van der Waals surface area contributed by atoms with Gasteiger partial charge < -0.3 is 14.6 Å². The molecular formula is C24H40O5. The Kier molecular flexibility index (Phi) is 7.58. The predicted molar refractivity (Wildman–Crippen MR) is 113 cm³/mol. The third-order valence-corrected chi connectivity index (χ3v) is 7.65. The molecule has 0 amide bonds. The number of aliphatic hydroxyl groups is 1. The predicted octanol–water partition coefficient (Wildman–Crippen LogP) is 4.67. The number of hydrogen-bond acceptors (Lipinski definition) is 5. The molecule has 0 unspecified atom stereocenters. The SMILES string of the molecule is CC(=O)OCC[C@@H](C)CC[C@@H]1C(C)=CC[C@@H]2C(C)(C)[C@@H](O)[C@@H](OC(C)=O)C[C@@]12C. The van der Waals surface area contributed by atoms with Crippen molar-refractivity contribution in [1.29, 1.82) is 0 Å². The number of carbonyl (C=O) groups is 2. The molecule has 5 heteroatoms. The van der Waals surface area contributed by atoms with Gasteiger partial charge in [-0.3, -0.25) is 9.59 Å². The van der Waals surface area contributed by atoms with Crippen molar-refractivity contribution < 1.29 is 24.2 Å². The minimum atomic E-state index is -0.653. The van der Waals surface area contributed by atoms with Gasteiger partial charge in [0.15, 0.2) is 0 Å². The first-order valence-corrected chi connectivity index (χ1v) is 11.0. The fourth-order valence-electron chi connectivity index (χ4n) is 6.02. The fraction of sp³-hybridized carbons (Fsp3) is 0.833. The summed E-state index contributed by atoms with van der Waals surface area (Å²) in [5.74, 6) is 0.644. The van der Waals surface area contributed by atoms with E-state index in [-0.39, 0.29) is 22.8 Å². The zero-order valence-electron chi connectivity index (χ0n) is 19.3. The van der Waals surface area contributed by atoms with Gasteiger partial charge in [-0.25, -0.2) is 0 Å². The van der Waals surface area contributed by atoms with E-state index in [1.165, 1.54) is 19.4 Å². The summed E-state index contributed by atoms with van der Waals surface area (Å²) in [4.78, 5) is 22.6. The lowest BCUT2D eigenvalue weighted by Crippen LogP contribution is -2.60. The van der Waals surface area contributed by atoms with E-state index >= 15 is 0 Å². The molecule has 2 aliphatic carbocycles. The number of esters is 2. The van der Waals surface area contributed by atoms with Gasteiger partial charge in [0.1, 0.15) is 6.10 Å². The average Bonchev–Trinajstić information content (AvgIpc) is 2.58. The smallest absolute Gasteiger partial charge is 0.302 e. The molecular weight excluding hydrogens is 368 g/mol. The van der Waals surface area contributed by atoms with Crippen LogP contribution in [0.4, 0.5) is 0 Å². The fourth-order valence-corrected chi connectivity index (χ4v) is 6.02. The number of fused-ring (bicyclic) bond motifs is 1. The standard InChI is InChI=1S/C24H40O5/c1-15(12-13-28-17(3)25)8-10-19-16(2)9-11-21-23(5,6)22(27)20(29-18(4)26)14-24(19,21)7/h9,15,19-22,27H,8,10-14H2,1-7H3/t15-,19+,20-,21+,22-,24-/m0/s1. The molecule has 0 heterocycles. The van der Waals surface area contributed by atoms with E-state index in [4.69, 9.17) is 9.47 Å². The minimum absolute atomic E-state index is 0.0305. The number of ether oxygens (including phenoxy) is 2. The lowest BCUT2D eigenvalue weighted by molar-refractivity contribution is -0.196. The second-order valence-electron chi connectivity index (χ2n) is 10.2. The quantitative estimate of drug-likeness (QED) is 0.490. The highest BCUT2D eigenvalue weighted by molar-refractivity contribution is 5.66. The van der Waals surface area contributed by atoms with Gasteiger partial charge >= 0.3 is 11.9 Å². The third kappa shape index (κ3) is 5.22. The summed E-state index contributed by atoms with van der Waals surface area (Å²) in [6, 6.07) is 0. The molecule has 1 fully saturated rings. The van der Waals surface area contributed by atoms with E-state index in [9.17, 15) is 14.7 Å². The van der Waals surface area contributed by atoms with E-state index in [1.807, 2.05) is 0 Å². The van der Waals surface area contributed by atoms with Gasteiger partial charge in [0.25, 0.3) is 0 Å². The molecule has 6 atom stereocenters. The van der Waals surface area contributed by atoms with Crippen molar-refractivity contribution in [3.05, 3.63) is 11.6 Å². The normalized spacial score (nSPS) is 34.6. The number of rotatable bonds is 7. The van der Waals surface area contributed by atoms with Crippen LogP contribution in [-0.2, 0) is 19.1 Å². The summed E-state index contributed by atoms with van der Waals surface area (Å²) in [6.07, 6.45) is 5.86. The Morgan fingerprint density at radius 2 is 1.86 bits per heavy atom. The average molecular weight is 409 g/mol. The van der Waals surface area contributed by atoms with Crippen LogP contribution in [0.5, 0.6) is 0 Å². The molecule has 1 saturated carbocycles. The Morgan fingerprint density at radius 3 is 2.45 bits per heavy atom. The lowest BCUT2D eigenvalue weighted by atomic mass is 9.46. The Morgan fingerprint density at radius 1 is 1.21 bits per heavy atom. The molecule has 2 rings (SSSR count). The molecule has 0 bridgehead atoms. The van der Waals surface area contributed by atoms with Crippen LogP contribution in [-0.4, -0.2) is 35.9 Å². The first-order chi connectivity index (χ1) is 13.4. The van der Waals surface area contributed by atoms with Gasteiger partial charge in [0.2, 0.25) is 0 Å². The summed E-state index contributed by atoms with van der Waals surface area (Å²) in [7, 11) is 0. The topological polar surface area (TPSA) is 72.8 Å². The molecule has 29 heavy (non-hydrogen) atoms. The molecule has 0 aliphatic heterocycles. The molecule has 0 saturated heterocycles. The second kappa shape index (κ2) is 9.20. The summed E-state index contributed by atoms with van der Waals surface area (Å²) >= 11 is 0. The summed E-state index contributed by atoms with van der Waals surface area (Å²) in [6.45, 7) is 14.3. The Balaban J connectivity index is 2.17. The van der Waals surface area contributed by atoms with Gasteiger partial charge in [-0.05, 0) is 67.6 Å². The van der Waals surface area contributed by atoms with Gasteiger partial charge in [-0.2, -0.15) is 0 Å². The molecule has 0 aromatic carbocycles. The molecule has 166 valence electrons. The first kappa shape index (κ1) is 23.9. The van der Waals surface area contributed by atoms with Crippen molar-refractivity contribution in [2.75, 3.05) is 6.61 Å². The molecule has 2 aliphatic rings. The van der Waals surface area contributed by atoms with Crippen LogP contribution in [0.25, 0.3) is 0 Å². The van der Waals surface area contributed by atoms with Crippen molar-refractivity contribution in [1.82, 2.24) is 0 Å². The van der Waals surface area contributed by atoms with E-state index in [2.05, 4.69) is 40.7 Å². The van der Waals surface area contributed by atoms with Crippen LogP contribution >= 0.6 is 0 Å². The Labute approximate surface area is 176 Å². The monoisotopic (exact) mass is 408 g/mol. The van der Waals surface area contributed by atoms with E-state index in [0.29, 0.717) is 30.8 Å². The molecule has 0 aromatic rings. The largest absolute Gasteiger partial charge is 0.466 e. The van der Waals surface area contributed by atoms with Crippen LogP contribution in [0.3, 0.4) is 0 Å². The Hall–Kier alpha value is -1.36. The second-order valence-corrected chi connectivity index (χ2v) is 10.2. The van der Waals surface area contributed by atoms with Crippen molar-refractivity contribution >= 4 is 11.9 Å². The highest BCUT2D eigenvalue weighted by atomic mass is 16.6. The molecule has 0 aromatic heterocycles. The summed E-state index contributed by atoms with van der Waals surface area (Å²) < 4.78 is 10.7. The molecule has 0 radical (unpaired) electrons. The van der Waals surface area contributed by atoms with Crippen molar-refractivity contribution in [2.24, 2.45) is 28.6 Å². The van der Waals surface area contributed by atoms with Gasteiger partial charge in [-0.1, -0.05) is 39.3 Å². The summed E-state index contributed by atoms with van der Waals surface area (Å²) in [5.41, 5.74) is 1.05. The number of hydrogen-bond donors (Lipinski definition) is 1. The minimum Gasteiger partial charge on any atom is -0.466 e. The maximum absolute atomic E-state index is 11.7. The van der Waals surface area contributed by atoms with Crippen molar-refractivity contribution in [2.45, 2.75) is 92.8 Å². The van der Waals surface area contributed by atoms with Gasteiger partial charge in [0, 0.05) is 13.8 Å². The zero-order chi connectivity index (χ0) is 22.0.